The highest BCUT2D eigenvalue weighted by Crippen LogP contribution is 2.39. The van der Waals surface area contributed by atoms with Gasteiger partial charge in [-0.1, -0.05) is 35.3 Å². The Morgan fingerprint density at radius 2 is 1.12 bits per heavy atom. The van der Waals surface area contributed by atoms with Gasteiger partial charge in [-0.05, 0) is 84.6 Å². The highest BCUT2D eigenvalue weighted by Gasteiger charge is 2.27. The molecule has 2 amide bonds. The molecule has 2 aliphatic rings. The van der Waals surface area contributed by atoms with Crippen LogP contribution in [0.3, 0.4) is 0 Å². The van der Waals surface area contributed by atoms with Crippen LogP contribution in [0.4, 0.5) is 5.69 Å². The van der Waals surface area contributed by atoms with Gasteiger partial charge >= 0.3 is 0 Å². The smallest absolute Gasteiger partial charge is 0.269 e. The van der Waals surface area contributed by atoms with Crippen molar-refractivity contribution in [1.82, 2.24) is 19.8 Å². The summed E-state index contributed by atoms with van der Waals surface area (Å²) in [5, 5.41) is 19.6. The summed E-state index contributed by atoms with van der Waals surface area (Å²) in [6.45, 7) is 6.33. The Labute approximate surface area is 302 Å². The van der Waals surface area contributed by atoms with Gasteiger partial charge in [-0.25, -0.2) is 8.42 Å². The Morgan fingerprint density at radius 3 is 1.51 bits per heavy atom. The number of nitrogens with one attached hydrogen (secondary N) is 2. The molecule has 0 atom stereocenters. The fraction of sp³-hybridized carbons (Fsp3) is 0.189. The minimum Gasteiger partial charge on any atom is -0.349 e. The molecule has 0 saturated carbocycles. The molecule has 0 bridgehead atoms. The number of halogens is 2. The first-order valence-electron chi connectivity index (χ1n) is 16.0. The molecule has 4 heterocycles. The van der Waals surface area contributed by atoms with Crippen molar-refractivity contribution >= 4 is 72.3 Å². The number of rotatable bonds is 4. The molecule has 8 rings (SSSR count). The quantitative estimate of drug-likeness (QED) is 0.143. The lowest BCUT2D eigenvalue weighted by Gasteiger charge is -2.18. The van der Waals surface area contributed by atoms with E-state index in [0.717, 1.165) is 55.2 Å². The highest BCUT2D eigenvalue weighted by atomic mass is 35.5. The molecule has 11 nitrogen and oxygen atoms in total. The number of hydrogen-bond acceptors (Lipinski definition) is 6. The lowest BCUT2D eigenvalue weighted by atomic mass is 10.0. The van der Waals surface area contributed by atoms with Crippen LogP contribution in [-0.4, -0.2) is 53.6 Å². The molecular weight excluding hydrogens is 713 g/mol. The van der Waals surface area contributed by atoms with Gasteiger partial charge in [0.2, 0.25) is 0 Å². The average molecular weight is 745 g/mol. The molecule has 4 aromatic carbocycles. The van der Waals surface area contributed by atoms with Gasteiger partial charge in [0, 0.05) is 76.5 Å². The standard InChI is InChI=1S/C19H17ClN2O3S.C18H14ClN3O3/c1-11-15-9-13(20)10-16(12-3-5-14(6-4-12)26(2,24)25)18(15)22-8-7-21-19(23)17(11)22;1-10-14-8-12(19)9-15(11-2-4-13(5-3-11)22(24)25)17(14)21-7-6-20-18(23)16(10)21/h3-6,9-10H,7-8H2,1-2H3,(H,21,23);2-5,8-9H,6-7H2,1H3,(H,20,23). The first kappa shape index (κ1) is 34.3. The van der Waals surface area contributed by atoms with E-state index in [2.05, 4.69) is 10.6 Å². The van der Waals surface area contributed by atoms with Crippen molar-refractivity contribution in [2.75, 3.05) is 19.3 Å². The third-order valence-corrected chi connectivity index (χ3v) is 11.0. The first-order valence-corrected chi connectivity index (χ1v) is 18.7. The number of aromatic nitrogens is 2. The number of carbonyl (C=O) groups excluding carboxylic acids is 2. The van der Waals surface area contributed by atoms with Crippen LogP contribution in [0.25, 0.3) is 44.1 Å². The van der Waals surface area contributed by atoms with Crippen molar-refractivity contribution in [2.45, 2.75) is 31.8 Å². The van der Waals surface area contributed by atoms with Crippen molar-refractivity contribution in [2.24, 2.45) is 0 Å². The molecule has 0 unspecified atom stereocenters. The molecule has 0 spiro atoms. The minimum absolute atomic E-state index is 0.0368. The molecule has 0 fully saturated rings. The van der Waals surface area contributed by atoms with Crippen molar-refractivity contribution in [3.05, 3.63) is 115 Å². The number of nitro groups is 1. The van der Waals surface area contributed by atoms with Crippen LogP contribution in [0, 0.1) is 24.0 Å². The Balaban J connectivity index is 0.000000159. The van der Waals surface area contributed by atoms with E-state index in [1.807, 2.05) is 47.2 Å². The maximum atomic E-state index is 12.3. The molecule has 51 heavy (non-hydrogen) atoms. The van der Waals surface area contributed by atoms with Gasteiger partial charge in [0.25, 0.3) is 17.5 Å². The normalized spacial score (nSPS) is 14.0. The fourth-order valence-electron chi connectivity index (χ4n) is 7.08. The van der Waals surface area contributed by atoms with Gasteiger partial charge in [-0.15, -0.1) is 0 Å². The molecule has 260 valence electrons. The van der Waals surface area contributed by atoms with E-state index >= 15 is 0 Å². The molecule has 6 aromatic rings. The molecule has 2 aliphatic heterocycles. The van der Waals surface area contributed by atoms with Crippen LogP contribution >= 0.6 is 23.2 Å². The monoisotopic (exact) mass is 743 g/mol. The number of benzene rings is 4. The zero-order valence-electron chi connectivity index (χ0n) is 27.7. The second-order valence-corrected chi connectivity index (χ2v) is 15.5. The van der Waals surface area contributed by atoms with E-state index in [0.29, 0.717) is 47.6 Å². The zero-order chi connectivity index (χ0) is 36.4. The van der Waals surface area contributed by atoms with Crippen LogP contribution in [0.15, 0.2) is 77.7 Å². The van der Waals surface area contributed by atoms with E-state index in [1.165, 1.54) is 18.4 Å². The molecular formula is C37H31Cl2N5O6S. The van der Waals surface area contributed by atoms with Crippen LogP contribution in [0.5, 0.6) is 0 Å². The Kier molecular flexibility index (Phi) is 8.65. The second-order valence-electron chi connectivity index (χ2n) is 12.6. The second kappa shape index (κ2) is 12.9. The number of non-ortho nitro benzene ring substituents is 1. The predicted molar refractivity (Wildman–Crippen MR) is 199 cm³/mol. The van der Waals surface area contributed by atoms with E-state index in [4.69, 9.17) is 23.2 Å². The van der Waals surface area contributed by atoms with E-state index in [1.54, 1.807) is 36.4 Å². The Bertz CT molecular complexity index is 2560. The SMILES string of the molecule is Cc1c2n(c3c(-c4ccc(S(C)(=O)=O)cc4)cc(Cl)cc13)CCNC2=O.Cc1c2n(c3c(-c4ccc([N+](=O)[O-])cc4)cc(Cl)cc13)CCNC2=O. The van der Waals surface area contributed by atoms with Gasteiger partial charge in [0.05, 0.1) is 20.9 Å². The summed E-state index contributed by atoms with van der Waals surface area (Å²) in [7, 11) is -3.25. The van der Waals surface area contributed by atoms with E-state index in [-0.39, 0.29) is 22.4 Å². The number of carbonyl (C=O) groups is 2. The molecule has 2 aromatic heterocycles. The highest BCUT2D eigenvalue weighted by molar-refractivity contribution is 7.90. The van der Waals surface area contributed by atoms with Crippen molar-refractivity contribution in [3.8, 4) is 22.3 Å². The van der Waals surface area contributed by atoms with Crippen LogP contribution < -0.4 is 10.6 Å². The third kappa shape index (κ3) is 6.02. The lowest BCUT2D eigenvalue weighted by molar-refractivity contribution is -0.384. The van der Waals surface area contributed by atoms with Gasteiger partial charge in [0.15, 0.2) is 9.84 Å². The fourth-order valence-corrected chi connectivity index (χ4v) is 8.15. The molecule has 0 radical (unpaired) electrons. The average Bonchev–Trinajstić information content (AvgIpc) is 3.55. The number of nitro benzene ring substituents is 1. The minimum atomic E-state index is -3.25. The summed E-state index contributed by atoms with van der Waals surface area (Å²) in [5.74, 6) is -0.176. The van der Waals surface area contributed by atoms with Crippen molar-refractivity contribution in [1.29, 1.82) is 0 Å². The summed E-state index contributed by atoms with van der Waals surface area (Å²) in [5.41, 5.74) is 8.43. The van der Waals surface area contributed by atoms with Crippen molar-refractivity contribution in [3.63, 3.8) is 0 Å². The number of hydrogen-bond donors (Lipinski definition) is 2. The van der Waals surface area contributed by atoms with Gasteiger partial charge < -0.3 is 19.8 Å². The van der Waals surface area contributed by atoms with E-state index < -0.39 is 14.8 Å². The number of sulfone groups is 1. The maximum Gasteiger partial charge on any atom is 0.269 e. The van der Waals surface area contributed by atoms with Crippen LogP contribution in [0.2, 0.25) is 10.0 Å². The van der Waals surface area contributed by atoms with Gasteiger partial charge in [0.1, 0.15) is 11.4 Å². The zero-order valence-corrected chi connectivity index (χ0v) is 30.0. The molecule has 14 heteroatoms. The summed E-state index contributed by atoms with van der Waals surface area (Å²) in [6, 6.07) is 20.5. The molecule has 2 N–H and O–H groups in total. The lowest BCUT2D eigenvalue weighted by Crippen LogP contribution is -2.35. The van der Waals surface area contributed by atoms with Crippen molar-refractivity contribution < 1.29 is 22.9 Å². The van der Waals surface area contributed by atoms with Gasteiger partial charge in [-0.2, -0.15) is 0 Å². The Hall–Kier alpha value is -5.17. The first-order chi connectivity index (χ1) is 24.2. The summed E-state index contributed by atoms with van der Waals surface area (Å²) in [6.07, 6.45) is 1.19. The number of aryl methyl sites for hydroxylation is 2. The summed E-state index contributed by atoms with van der Waals surface area (Å²) in [4.78, 5) is 35.3. The van der Waals surface area contributed by atoms with Crippen LogP contribution in [0.1, 0.15) is 32.1 Å². The number of amides is 2. The molecule has 0 aliphatic carbocycles. The predicted octanol–water partition coefficient (Wildman–Crippen LogP) is 7.34. The third-order valence-electron chi connectivity index (χ3n) is 9.40. The van der Waals surface area contributed by atoms with Crippen LogP contribution in [-0.2, 0) is 22.9 Å². The number of fused-ring (bicyclic) bond motifs is 6. The maximum absolute atomic E-state index is 12.3. The topological polar surface area (TPSA) is 145 Å². The number of nitrogens with zero attached hydrogens (tertiary/aromatic N) is 3. The Morgan fingerprint density at radius 1 is 0.706 bits per heavy atom. The van der Waals surface area contributed by atoms with Gasteiger partial charge in [-0.3, -0.25) is 19.7 Å². The molecule has 0 saturated heterocycles. The largest absolute Gasteiger partial charge is 0.349 e. The van der Waals surface area contributed by atoms with E-state index in [9.17, 15) is 28.1 Å². The summed E-state index contributed by atoms with van der Waals surface area (Å²) < 4.78 is 27.5. The summed E-state index contributed by atoms with van der Waals surface area (Å²) >= 11 is 12.7.